The molecular weight excluding hydrogens is 200 g/mol. The number of rotatable bonds is 0. The van der Waals surface area contributed by atoms with Gasteiger partial charge in [-0.05, 0) is 35.2 Å². The fraction of sp³-hybridized carbons (Fsp3) is 0.143. The maximum absolute atomic E-state index is 2.24. The molecule has 0 bridgehead atoms. The number of fused-ring (bicyclic) bond motifs is 3. The monoisotopic (exact) mass is 212 g/mol. The van der Waals surface area contributed by atoms with Crippen molar-refractivity contribution in [3.63, 3.8) is 0 Å². The van der Waals surface area contributed by atoms with Crippen molar-refractivity contribution in [2.45, 2.75) is 17.6 Å². The Morgan fingerprint density at radius 3 is 2.67 bits per heavy atom. The Bertz CT molecular complexity index is 514. The van der Waals surface area contributed by atoms with Crippen molar-refractivity contribution >= 4 is 11.8 Å². The minimum atomic E-state index is 1.11. The molecule has 0 saturated carbocycles. The minimum Gasteiger partial charge on any atom is -0.121 e. The third-order valence-corrected chi connectivity index (χ3v) is 4.06. The summed E-state index contributed by atoms with van der Waals surface area (Å²) in [5.41, 5.74) is 5.73. The third kappa shape index (κ3) is 1.38. The molecule has 3 rings (SSSR count). The lowest BCUT2D eigenvalue weighted by atomic mass is 9.96. The van der Waals surface area contributed by atoms with Crippen molar-refractivity contribution in [2.75, 3.05) is 0 Å². The van der Waals surface area contributed by atoms with E-state index in [9.17, 15) is 0 Å². The molecule has 0 aromatic heterocycles. The van der Waals surface area contributed by atoms with E-state index in [1.54, 1.807) is 0 Å². The molecule has 0 atom stereocenters. The molecule has 1 aliphatic heterocycles. The predicted molar refractivity (Wildman–Crippen MR) is 66.2 cm³/mol. The summed E-state index contributed by atoms with van der Waals surface area (Å²) in [7, 11) is 0. The van der Waals surface area contributed by atoms with E-state index in [0.29, 0.717) is 0 Å². The first-order valence-corrected chi connectivity index (χ1v) is 6.15. The summed E-state index contributed by atoms with van der Waals surface area (Å²) in [5, 5.41) is 0. The molecule has 15 heavy (non-hydrogen) atoms. The van der Waals surface area contributed by atoms with Crippen molar-refractivity contribution in [3.05, 3.63) is 53.6 Å². The van der Waals surface area contributed by atoms with Crippen molar-refractivity contribution in [1.82, 2.24) is 0 Å². The quantitative estimate of drug-likeness (QED) is 0.628. The van der Waals surface area contributed by atoms with E-state index >= 15 is 0 Å². The Kier molecular flexibility index (Phi) is 2.06. The normalized spacial score (nSPS) is 13.1. The van der Waals surface area contributed by atoms with Gasteiger partial charge >= 0.3 is 0 Å². The van der Waals surface area contributed by atoms with Crippen LogP contribution in [0.25, 0.3) is 11.1 Å². The van der Waals surface area contributed by atoms with Crippen molar-refractivity contribution < 1.29 is 0 Å². The molecule has 1 heterocycles. The van der Waals surface area contributed by atoms with Gasteiger partial charge in [-0.15, -0.1) is 11.8 Å². The lowest BCUT2D eigenvalue weighted by Gasteiger charge is -2.20. The SMILES string of the molecule is Cc1cccc2c1CSc1ccccc1-2. The summed E-state index contributed by atoms with van der Waals surface area (Å²) in [6.07, 6.45) is 0. The molecule has 0 saturated heterocycles. The zero-order valence-electron chi connectivity index (χ0n) is 8.66. The molecule has 1 aliphatic rings. The highest BCUT2D eigenvalue weighted by Crippen LogP contribution is 2.42. The summed E-state index contributed by atoms with van der Waals surface area (Å²) in [5.74, 6) is 1.11. The van der Waals surface area contributed by atoms with Gasteiger partial charge in [-0.1, -0.05) is 36.4 Å². The first-order valence-electron chi connectivity index (χ1n) is 5.17. The predicted octanol–water partition coefficient (Wildman–Crippen LogP) is 4.27. The molecule has 0 radical (unpaired) electrons. The fourth-order valence-electron chi connectivity index (χ4n) is 2.11. The van der Waals surface area contributed by atoms with E-state index in [-0.39, 0.29) is 0 Å². The van der Waals surface area contributed by atoms with Gasteiger partial charge in [-0.3, -0.25) is 0 Å². The number of benzene rings is 2. The Labute approximate surface area is 94.3 Å². The van der Waals surface area contributed by atoms with E-state index in [4.69, 9.17) is 0 Å². The minimum absolute atomic E-state index is 1.11. The molecular formula is C14H12S. The van der Waals surface area contributed by atoms with Crippen molar-refractivity contribution in [1.29, 1.82) is 0 Å². The second kappa shape index (κ2) is 3.42. The van der Waals surface area contributed by atoms with Crippen LogP contribution in [0.4, 0.5) is 0 Å². The van der Waals surface area contributed by atoms with Crippen LogP contribution in [0.15, 0.2) is 47.4 Å². The third-order valence-electron chi connectivity index (χ3n) is 2.96. The molecule has 74 valence electrons. The van der Waals surface area contributed by atoms with Gasteiger partial charge in [0.2, 0.25) is 0 Å². The van der Waals surface area contributed by atoms with Crippen LogP contribution in [0.1, 0.15) is 11.1 Å². The zero-order chi connectivity index (χ0) is 10.3. The van der Waals surface area contributed by atoms with Crippen molar-refractivity contribution in [3.8, 4) is 11.1 Å². The largest absolute Gasteiger partial charge is 0.121 e. The summed E-state index contributed by atoms with van der Waals surface area (Å²) in [6.45, 7) is 2.20. The highest BCUT2D eigenvalue weighted by Gasteiger charge is 2.16. The molecule has 0 nitrogen and oxygen atoms in total. The molecule has 1 heteroatoms. The summed E-state index contributed by atoms with van der Waals surface area (Å²) in [4.78, 5) is 1.41. The first-order chi connectivity index (χ1) is 7.36. The standard InChI is InChI=1S/C14H12S/c1-10-5-4-7-11-12-6-2-3-8-14(12)15-9-13(10)11/h2-8H,9H2,1H3. The van der Waals surface area contributed by atoms with E-state index in [1.165, 1.54) is 27.1 Å². The average Bonchev–Trinajstić information content (AvgIpc) is 2.29. The van der Waals surface area contributed by atoms with Crippen LogP contribution >= 0.6 is 11.8 Å². The highest BCUT2D eigenvalue weighted by molar-refractivity contribution is 7.98. The van der Waals surface area contributed by atoms with E-state index in [2.05, 4.69) is 49.4 Å². The van der Waals surface area contributed by atoms with Gasteiger partial charge in [0, 0.05) is 10.6 Å². The number of hydrogen-bond donors (Lipinski definition) is 0. The maximum Gasteiger partial charge on any atom is 0.0241 e. The first kappa shape index (κ1) is 9.05. The second-order valence-corrected chi connectivity index (χ2v) is 4.90. The molecule has 2 aromatic rings. The molecule has 0 aliphatic carbocycles. The fourth-order valence-corrected chi connectivity index (χ4v) is 3.30. The van der Waals surface area contributed by atoms with Crippen LogP contribution < -0.4 is 0 Å². The van der Waals surface area contributed by atoms with Crippen LogP contribution in [0, 0.1) is 6.92 Å². The number of aryl methyl sites for hydroxylation is 1. The van der Waals surface area contributed by atoms with Gasteiger partial charge in [-0.25, -0.2) is 0 Å². The zero-order valence-corrected chi connectivity index (χ0v) is 9.47. The molecule has 0 amide bonds. The van der Waals surface area contributed by atoms with E-state index in [1.807, 2.05) is 11.8 Å². The van der Waals surface area contributed by atoms with Gasteiger partial charge in [0.05, 0.1) is 0 Å². The van der Waals surface area contributed by atoms with Crippen LogP contribution in [0.3, 0.4) is 0 Å². The van der Waals surface area contributed by atoms with Gasteiger partial charge in [0.1, 0.15) is 0 Å². The lowest BCUT2D eigenvalue weighted by Crippen LogP contribution is -1.97. The lowest BCUT2D eigenvalue weighted by molar-refractivity contribution is 1.26. The van der Waals surface area contributed by atoms with Crippen LogP contribution in [-0.4, -0.2) is 0 Å². The van der Waals surface area contributed by atoms with Gasteiger partial charge in [0.15, 0.2) is 0 Å². The summed E-state index contributed by atoms with van der Waals surface area (Å²) in [6, 6.07) is 15.3. The maximum atomic E-state index is 2.24. The average molecular weight is 212 g/mol. The number of thioether (sulfide) groups is 1. The van der Waals surface area contributed by atoms with Crippen LogP contribution in [-0.2, 0) is 5.75 Å². The Morgan fingerprint density at radius 2 is 1.73 bits per heavy atom. The number of hydrogen-bond acceptors (Lipinski definition) is 1. The molecule has 2 aromatic carbocycles. The molecule has 0 unspecified atom stereocenters. The van der Waals surface area contributed by atoms with Crippen LogP contribution in [0.2, 0.25) is 0 Å². The Morgan fingerprint density at radius 1 is 0.933 bits per heavy atom. The van der Waals surface area contributed by atoms with Crippen molar-refractivity contribution in [2.24, 2.45) is 0 Å². The molecule has 0 fully saturated rings. The van der Waals surface area contributed by atoms with Gasteiger partial charge in [-0.2, -0.15) is 0 Å². The topological polar surface area (TPSA) is 0 Å². The highest BCUT2D eigenvalue weighted by atomic mass is 32.2. The van der Waals surface area contributed by atoms with Crippen LogP contribution in [0.5, 0.6) is 0 Å². The van der Waals surface area contributed by atoms with E-state index in [0.717, 1.165) is 5.75 Å². The Hall–Kier alpha value is -1.21. The smallest absolute Gasteiger partial charge is 0.0241 e. The molecule has 0 N–H and O–H groups in total. The van der Waals surface area contributed by atoms with E-state index < -0.39 is 0 Å². The summed E-state index contributed by atoms with van der Waals surface area (Å²) < 4.78 is 0. The second-order valence-electron chi connectivity index (χ2n) is 3.89. The summed E-state index contributed by atoms with van der Waals surface area (Å²) >= 11 is 1.95. The Balaban J connectivity index is 2.30. The molecule has 0 spiro atoms. The van der Waals surface area contributed by atoms with Gasteiger partial charge in [0.25, 0.3) is 0 Å². The van der Waals surface area contributed by atoms with Gasteiger partial charge < -0.3 is 0 Å².